The normalized spacial score (nSPS) is 13.5. The van der Waals surface area contributed by atoms with Crippen LogP contribution in [0.2, 0.25) is 13.1 Å². The zero-order valence-electron chi connectivity index (χ0n) is 52.9. The van der Waals surface area contributed by atoms with Crippen molar-refractivity contribution >= 4 is 118 Å². The van der Waals surface area contributed by atoms with Crippen molar-refractivity contribution in [2.45, 2.75) is 32.4 Å². The lowest BCUT2D eigenvalue weighted by Crippen LogP contribution is -2.58. The number of para-hydroxylation sites is 8. The maximum Gasteiger partial charge on any atom is 0.117 e. The van der Waals surface area contributed by atoms with Crippen LogP contribution in [0.1, 0.15) is 25.0 Å². The average molecular weight is 1180 g/mol. The molecule has 0 saturated carbocycles. The number of anilines is 6. The molecule has 5 nitrogen and oxygen atoms in total. The summed E-state index contributed by atoms with van der Waals surface area (Å²) < 4.78 is 4.57. The lowest BCUT2D eigenvalue weighted by atomic mass is 9.74. The Labute approximate surface area is 530 Å². The van der Waals surface area contributed by atoms with Gasteiger partial charge in [0.15, 0.2) is 0 Å². The molecule has 0 saturated heterocycles. The van der Waals surface area contributed by atoms with E-state index in [0.717, 1.165) is 0 Å². The van der Waals surface area contributed by atoms with E-state index in [-0.39, 0.29) is 5.41 Å². The Morgan fingerprint density at radius 2 is 0.622 bits per heavy atom. The molecule has 0 aliphatic carbocycles. The van der Waals surface area contributed by atoms with Crippen molar-refractivity contribution in [2.24, 2.45) is 14.1 Å². The van der Waals surface area contributed by atoms with Crippen LogP contribution < -0.4 is 25.1 Å². The van der Waals surface area contributed by atoms with Crippen LogP contribution in [0.3, 0.4) is 0 Å². The van der Waals surface area contributed by atoms with Crippen LogP contribution in [0.4, 0.5) is 34.1 Å². The molecule has 6 heteroatoms. The molecule has 0 atom stereocenters. The molecular weight excluding hydrogens is 1110 g/mol. The van der Waals surface area contributed by atoms with Gasteiger partial charge in [-0.2, -0.15) is 0 Å². The molecule has 0 radical (unpaired) electrons. The highest BCUT2D eigenvalue weighted by molar-refractivity contribution is 7.02. The summed E-state index contributed by atoms with van der Waals surface area (Å²) in [4.78, 5) is 6.89. The molecule has 0 N–H and O–H groups in total. The Morgan fingerprint density at radius 3 is 1.14 bits per heavy atom. The molecule has 0 fully saturated rings. The number of rotatable bonds is 0. The van der Waals surface area contributed by atoms with Crippen molar-refractivity contribution in [3.8, 4) is 22.3 Å². The van der Waals surface area contributed by atoms with Gasteiger partial charge in [-0.25, -0.2) is 0 Å². The molecule has 0 bridgehead atoms. The van der Waals surface area contributed by atoms with Gasteiger partial charge in [-0.1, -0.05) is 264 Å². The second-order valence-electron chi connectivity index (χ2n) is 25.1. The van der Waals surface area contributed by atoms with E-state index in [9.17, 15) is 0 Å². The number of hydrogen-bond acceptors (Lipinski definition) is 3. The van der Waals surface area contributed by atoms with Crippen molar-refractivity contribution in [3.05, 3.63) is 302 Å². The Balaban J connectivity index is 0.0000000990. The summed E-state index contributed by atoms with van der Waals surface area (Å²) in [6.45, 7) is 9.49. The van der Waals surface area contributed by atoms with E-state index in [1.807, 2.05) is 0 Å². The quantitative estimate of drug-likeness (QED) is 0.141. The van der Waals surface area contributed by atoms with Crippen LogP contribution in [0.25, 0.3) is 87.4 Å². The molecule has 90 heavy (non-hydrogen) atoms. The molecule has 5 heterocycles. The van der Waals surface area contributed by atoms with Crippen LogP contribution in [-0.4, -0.2) is 38.4 Å². The van der Waals surface area contributed by atoms with Gasteiger partial charge in [0.25, 0.3) is 0 Å². The molecule has 440 valence electrons. The highest BCUT2D eigenvalue weighted by Crippen LogP contribution is 2.49. The van der Waals surface area contributed by atoms with Crippen LogP contribution in [0.15, 0.2) is 291 Å². The minimum atomic E-state index is -1.52. The monoisotopic (exact) mass is 1180 g/mol. The van der Waals surface area contributed by atoms with Gasteiger partial charge < -0.3 is 23.8 Å². The summed E-state index contributed by atoms with van der Waals surface area (Å²) >= 11 is 0. The molecular formula is C84H75N5Si. The van der Waals surface area contributed by atoms with Gasteiger partial charge >= 0.3 is 0 Å². The zero-order valence-corrected chi connectivity index (χ0v) is 53.9. The molecule has 0 spiro atoms. The number of benzene rings is 13. The van der Waals surface area contributed by atoms with Crippen molar-refractivity contribution in [1.29, 1.82) is 0 Å². The van der Waals surface area contributed by atoms with Crippen LogP contribution in [0.5, 0.6) is 0 Å². The van der Waals surface area contributed by atoms with E-state index in [0.29, 0.717) is 0 Å². The first-order valence-corrected chi connectivity index (χ1v) is 34.4. The third-order valence-corrected chi connectivity index (χ3v) is 22.9. The fraction of sp³-hybridized carbons (Fsp3) is 0.119. The van der Waals surface area contributed by atoms with Gasteiger partial charge in [-0.3, -0.25) is 0 Å². The van der Waals surface area contributed by atoms with Gasteiger partial charge in [0.1, 0.15) is 8.07 Å². The number of aromatic nitrogens is 2. The predicted molar refractivity (Wildman–Crippen MR) is 392 cm³/mol. The molecule has 18 rings (SSSR count). The van der Waals surface area contributed by atoms with Gasteiger partial charge in [0, 0.05) is 129 Å². The van der Waals surface area contributed by atoms with Gasteiger partial charge in [-0.15, -0.1) is 0 Å². The van der Waals surface area contributed by atoms with Crippen LogP contribution in [-0.2, 0) is 19.5 Å². The highest BCUT2D eigenvalue weighted by atomic mass is 28.3. The third-order valence-electron chi connectivity index (χ3n) is 19.4. The standard InChI is InChI=1S/C21H15N.C19H15N.C16H17N.C15H17NSi.C13H11N/c1-22-19-13-11-14-6-2-4-8-16(14)20(19)18-12-10-15-7-3-5-9-17(15)21(18)22;1-20-18-12-6-4-10-16(18)14-8-2-3-9-15(14)17-11-5-7-13-19(17)20;1-16(2)12-8-4-6-10-14(12)17(3)15-11-7-5-9-13(15)16;1-16-12-8-4-6-10-14(12)17(2,3)15-11-7-5-9-13(15)16;1-14-12-8-4-2-6-10(12)11-7-3-5-9-13(11)14/h2-13H,1H3;2-13H,1H3;2*4-11H,1-3H3;2-9H,1H3. The van der Waals surface area contributed by atoms with Crippen molar-refractivity contribution in [1.82, 2.24) is 9.13 Å². The molecule has 0 unspecified atom stereocenters. The topological polar surface area (TPSA) is 19.6 Å². The Kier molecular flexibility index (Phi) is 14.8. The van der Waals surface area contributed by atoms with E-state index < -0.39 is 8.07 Å². The largest absolute Gasteiger partial charge is 0.345 e. The second-order valence-corrected chi connectivity index (χ2v) is 29.4. The number of nitrogens with zero attached hydrogens (tertiary/aromatic N) is 5. The van der Waals surface area contributed by atoms with E-state index >= 15 is 0 Å². The van der Waals surface area contributed by atoms with Crippen molar-refractivity contribution in [2.75, 3.05) is 35.8 Å². The maximum atomic E-state index is 2.44. The molecule has 15 aromatic rings. The number of hydrogen-bond donors (Lipinski definition) is 0. The van der Waals surface area contributed by atoms with E-state index in [1.54, 1.807) is 10.4 Å². The summed E-state index contributed by atoms with van der Waals surface area (Å²) in [5.74, 6) is 0. The Morgan fingerprint density at radius 1 is 0.267 bits per heavy atom. The molecule has 3 aliphatic heterocycles. The van der Waals surface area contributed by atoms with Gasteiger partial charge in [0.05, 0.1) is 5.52 Å². The lowest BCUT2D eigenvalue weighted by molar-refractivity contribution is 0.629. The first-order chi connectivity index (χ1) is 43.8. The SMILES string of the molecule is CN1c2ccccc2-c2ccccc2-c2ccccc21.CN1c2ccccc2C(C)(C)c2ccccc21.CN1c2ccccc2[Si](C)(C)c2ccccc21.Cn1c2ccc3ccccc3c2c2ccc3ccccc3c21.Cn1c2ccccc2c2ccccc21. The summed E-state index contributed by atoms with van der Waals surface area (Å²) in [5, 5.41) is 13.7. The first kappa shape index (κ1) is 57.3. The smallest absolute Gasteiger partial charge is 0.117 e. The summed E-state index contributed by atoms with van der Waals surface area (Å²) in [6, 6.07) is 104. The number of aryl methyl sites for hydroxylation is 2. The maximum absolute atomic E-state index is 2.44. The Bertz CT molecular complexity index is 4880. The fourth-order valence-electron chi connectivity index (χ4n) is 14.7. The molecule has 2 aromatic heterocycles. The minimum Gasteiger partial charge on any atom is -0.345 e. The molecule has 3 aliphatic rings. The lowest BCUT2D eigenvalue weighted by Gasteiger charge is -2.40. The Hall–Kier alpha value is -10.4. The van der Waals surface area contributed by atoms with Gasteiger partial charge in [0.2, 0.25) is 0 Å². The van der Waals surface area contributed by atoms with E-state index in [2.05, 4.69) is 377 Å². The number of fused-ring (bicyclic) bond motifs is 19. The summed E-state index contributed by atoms with van der Waals surface area (Å²) in [5.41, 5.74) is 21.2. The second kappa shape index (κ2) is 23.3. The summed E-state index contributed by atoms with van der Waals surface area (Å²) in [7, 11) is 9.23. The minimum absolute atomic E-state index is 0.0830. The average Bonchev–Trinajstić information content (AvgIpc) is 1.16. The molecule has 13 aromatic carbocycles. The van der Waals surface area contributed by atoms with Crippen molar-refractivity contribution in [3.63, 3.8) is 0 Å². The fourth-order valence-corrected chi connectivity index (χ4v) is 17.8. The third kappa shape index (κ3) is 9.70. The highest BCUT2D eigenvalue weighted by Gasteiger charge is 2.37. The van der Waals surface area contributed by atoms with Gasteiger partial charge in [-0.05, 0) is 103 Å². The van der Waals surface area contributed by atoms with Crippen molar-refractivity contribution < 1.29 is 0 Å². The first-order valence-electron chi connectivity index (χ1n) is 31.4. The van der Waals surface area contributed by atoms with Crippen LogP contribution >= 0.6 is 0 Å². The van der Waals surface area contributed by atoms with E-state index in [1.165, 1.54) is 133 Å². The molecule has 0 amide bonds. The zero-order chi connectivity index (χ0) is 61.8. The van der Waals surface area contributed by atoms with E-state index in [4.69, 9.17) is 0 Å². The van der Waals surface area contributed by atoms with Crippen LogP contribution in [0, 0.1) is 0 Å². The summed E-state index contributed by atoms with van der Waals surface area (Å²) in [6.07, 6.45) is 0. The predicted octanol–water partition coefficient (Wildman–Crippen LogP) is 20.8.